The summed E-state index contributed by atoms with van der Waals surface area (Å²) in [4.78, 5) is 23.8. The molecule has 0 bridgehead atoms. The highest BCUT2D eigenvalue weighted by molar-refractivity contribution is 5.92. The van der Waals surface area contributed by atoms with Crippen molar-refractivity contribution in [2.75, 3.05) is 17.2 Å². The van der Waals surface area contributed by atoms with Crippen LogP contribution in [0.2, 0.25) is 0 Å². The standard InChI is InChI=1S/C23H21FN2O3/c1-2-29-23(28)17-5-9-19(10-6-17)25-20-11-13-21(14-12-20)26-22(27)15-16-3-7-18(24)8-4-16/h3-14,25H,2,15H2,1H3,(H,26,27). The smallest absolute Gasteiger partial charge is 0.338 e. The molecule has 0 aliphatic carbocycles. The lowest BCUT2D eigenvalue weighted by Gasteiger charge is -2.09. The van der Waals surface area contributed by atoms with E-state index in [1.807, 2.05) is 12.1 Å². The molecule has 2 N–H and O–H groups in total. The molecule has 0 unspecified atom stereocenters. The molecule has 0 fully saturated rings. The van der Waals surface area contributed by atoms with Gasteiger partial charge in [-0.2, -0.15) is 0 Å². The lowest BCUT2D eigenvalue weighted by Crippen LogP contribution is -2.14. The number of amides is 1. The molecule has 1 amide bonds. The SMILES string of the molecule is CCOC(=O)c1ccc(Nc2ccc(NC(=O)Cc3ccc(F)cc3)cc2)cc1. The van der Waals surface area contributed by atoms with Crippen LogP contribution in [0.1, 0.15) is 22.8 Å². The van der Waals surface area contributed by atoms with Gasteiger partial charge in [0, 0.05) is 17.1 Å². The maximum Gasteiger partial charge on any atom is 0.338 e. The van der Waals surface area contributed by atoms with Crippen molar-refractivity contribution in [3.05, 3.63) is 89.7 Å². The highest BCUT2D eigenvalue weighted by atomic mass is 19.1. The van der Waals surface area contributed by atoms with E-state index < -0.39 is 0 Å². The third kappa shape index (κ3) is 5.90. The van der Waals surface area contributed by atoms with Crippen molar-refractivity contribution in [3.8, 4) is 0 Å². The number of hydrogen-bond donors (Lipinski definition) is 2. The van der Waals surface area contributed by atoms with Crippen molar-refractivity contribution < 1.29 is 18.7 Å². The Kier molecular flexibility index (Phi) is 6.58. The van der Waals surface area contributed by atoms with Crippen molar-refractivity contribution >= 4 is 28.9 Å². The third-order valence-corrected chi connectivity index (χ3v) is 4.13. The van der Waals surface area contributed by atoms with Crippen LogP contribution in [0.5, 0.6) is 0 Å². The fourth-order valence-corrected chi connectivity index (χ4v) is 2.70. The minimum Gasteiger partial charge on any atom is -0.462 e. The monoisotopic (exact) mass is 392 g/mol. The van der Waals surface area contributed by atoms with Gasteiger partial charge in [0.1, 0.15) is 5.82 Å². The molecule has 29 heavy (non-hydrogen) atoms. The van der Waals surface area contributed by atoms with Crippen LogP contribution in [0.25, 0.3) is 0 Å². The van der Waals surface area contributed by atoms with E-state index in [0.717, 1.165) is 16.9 Å². The van der Waals surface area contributed by atoms with Crippen molar-refractivity contribution in [2.45, 2.75) is 13.3 Å². The average molecular weight is 392 g/mol. The first kappa shape index (κ1) is 20.1. The fourth-order valence-electron chi connectivity index (χ4n) is 2.70. The van der Waals surface area contributed by atoms with E-state index in [2.05, 4.69) is 10.6 Å². The van der Waals surface area contributed by atoms with Gasteiger partial charge >= 0.3 is 5.97 Å². The Morgan fingerprint density at radius 3 is 1.97 bits per heavy atom. The summed E-state index contributed by atoms with van der Waals surface area (Å²) in [6, 6.07) is 20.1. The predicted octanol–water partition coefficient (Wildman–Crippen LogP) is 4.93. The number of halogens is 1. The van der Waals surface area contributed by atoms with Crippen molar-refractivity contribution in [1.29, 1.82) is 0 Å². The molecule has 0 radical (unpaired) electrons. The molecule has 5 nitrogen and oxygen atoms in total. The summed E-state index contributed by atoms with van der Waals surface area (Å²) in [5.41, 5.74) is 3.57. The van der Waals surface area contributed by atoms with Gasteiger partial charge in [0.2, 0.25) is 5.91 Å². The molecule has 0 spiro atoms. The first-order valence-electron chi connectivity index (χ1n) is 9.22. The molecule has 0 aromatic heterocycles. The Hall–Kier alpha value is -3.67. The second-order valence-corrected chi connectivity index (χ2v) is 6.35. The van der Waals surface area contributed by atoms with E-state index in [-0.39, 0.29) is 24.1 Å². The minimum absolute atomic E-state index is 0.174. The van der Waals surface area contributed by atoms with Crippen LogP contribution in [0.4, 0.5) is 21.5 Å². The predicted molar refractivity (Wildman–Crippen MR) is 111 cm³/mol. The molecule has 148 valence electrons. The molecule has 0 atom stereocenters. The van der Waals surface area contributed by atoms with Gasteiger partial charge in [0.15, 0.2) is 0 Å². The van der Waals surface area contributed by atoms with Crippen molar-refractivity contribution in [2.24, 2.45) is 0 Å². The van der Waals surface area contributed by atoms with Gasteiger partial charge in [0.25, 0.3) is 0 Å². The summed E-state index contributed by atoms with van der Waals surface area (Å²) in [5, 5.41) is 6.04. The summed E-state index contributed by atoms with van der Waals surface area (Å²) < 4.78 is 17.9. The van der Waals surface area contributed by atoms with Crippen LogP contribution >= 0.6 is 0 Å². The number of esters is 1. The lowest BCUT2D eigenvalue weighted by atomic mass is 10.1. The van der Waals surface area contributed by atoms with E-state index >= 15 is 0 Å². The lowest BCUT2D eigenvalue weighted by molar-refractivity contribution is -0.115. The van der Waals surface area contributed by atoms with E-state index in [0.29, 0.717) is 17.9 Å². The summed E-state index contributed by atoms with van der Waals surface area (Å²) in [6.45, 7) is 2.11. The number of nitrogens with one attached hydrogen (secondary N) is 2. The van der Waals surface area contributed by atoms with Crippen LogP contribution in [0.3, 0.4) is 0 Å². The number of rotatable bonds is 7. The molecular weight excluding hydrogens is 371 g/mol. The maximum atomic E-state index is 12.9. The summed E-state index contributed by atoms with van der Waals surface area (Å²) in [5.74, 6) is -0.848. The molecule has 3 aromatic rings. The molecule has 3 rings (SSSR count). The zero-order valence-electron chi connectivity index (χ0n) is 15.9. The molecule has 3 aromatic carbocycles. The van der Waals surface area contributed by atoms with Gasteiger partial charge in [-0.3, -0.25) is 4.79 Å². The Morgan fingerprint density at radius 1 is 0.828 bits per heavy atom. The normalized spacial score (nSPS) is 10.3. The number of ether oxygens (including phenoxy) is 1. The minimum atomic E-state index is -0.347. The first-order chi connectivity index (χ1) is 14.0. The first-order valence-corrected chi connectivity index (χ1v) is 9.22. The molecule has 0 saturated heterocycles. The summed E-state index contributed by atoms with van der Waals surface area (Å²) >= 11 is 0. The van der Waals surface area contributed by atoms with Gasteiger partial charge in [-0.25, -0.2) is 9.18 Å². The summed E-state index contributed by atoms with van der Waals surface area (Å²) in [6.07, 6.45) is 0.174. The van der Waals surface area contributed by atoms with Gasteiger partial charge in [0.05, 0.1) is 18.6 Å². The topological polar surface area (TPSA) is 67.4 Å². The Morgan fingerprint density at radius 2 is 1.38 bits per heavy atom. The third-order valence-electron chi connectivity index (χ3n) is 4.13. The van der Waals surface area contributed by atoms with Crippen LogP contribution < -0.4 is 10.6 Å². The largest absolute Gasteiger partial charge is 0.462 e. The van der Waals surface area contributed by atoms with Crippen LogP contribution in [-0.2, 0) is 16.0 Å². The highest BCUT2D eigenvalue weighted by Crippen LogP contribution is 2.20. The molecular formula is C23H21FN2O3. The molecule has 6 heteroatoms. The molecule has 0 aliphatic rings. The van der Waals surface area contributed by atoms with Gasteiger partial charge in [-0.15, -0.1) is 0 Å². The van der Waals surface area contributed by atoms with E-state index in [1.54, 1.807) is 55.5 Å². The maximum absolute atomic E-state index is 12.9. The van der Waals surface area contributed by atoms with Gasteiger partial charge < -0.3 is 15.4 Å². The van der Waals surface area contributed by atoms with E-state index in [4.69, 9.17) is 4.74 Å². The number of carbonyl (C=O) groups excluding carboxylic acids is 2. The molecule has 0 saturated carbocycles. The van der Waals surface area contributed by atoms with Crippen LogP contribution in [0.15, 0.2) is 72.8 Å². The number of anilines is 3. The summed E-state index contributed by atoms with van der Waals surface area (Å²) in [7, 11) is 0. The average Bonchev–Trinajstić information content (AvgIpc) is 2.72. The quantitative estimate of drug-likeness (QED) is 0.560. The van der Waals surface area contributed by atoms with Crippen molar-refractivity contribution in [3.63, 3.8) is 0 Å². The zero-order chi connectivity index (χ0) is 20.6. The highest BCUT2D eigenvalue weighted by Gasteiger charge is 2.07. The number of carbonyl (C=O) groups is 2. The molecule has 0 aliphatic heterocycles. The Balaban J connectivity index is 1.55. The van der Waals surface area contributed by atoms with Gasteiger partial charge in [-0.1, -0.05) is 12.1 Å². The number of hydrogen-bond acceptors (Lipinski definition) is 4. The molecule has 0 heterocycles. The van der Waals surface area contributed by atoms with Crippen molar-refractivity contribution in [1.82, 2.24) is 0 Å². The second-order valence-electron chi connectivity index (χ2n) is 6.35. The Bertz CT molecular complexity index is 969. The van der Waals surface area contributed by atoms with E-state index in [1.165, 1.54) is 12.1 Å². The van der Waals surface area contributed by atoms with E-state index in [9.17, 15) is 14.0 Å². The van der Waals surface area contributed by atoms with Crippen LogP contribution in [0, 0.1) is 5.82 Å². The second kappa shape index (κ2) is 9.50. The fraction of sp³-hybridized carbons (Fsp3) is 0.130. The zero-order valence-corrected chi connectivity index (χ0v) is 15.9. The van der Waals surface area contributed by atoms with Crippen LogP contribution in [-0.4, -0.2) is 18.5 Å². The number of benzene rings is 3. The van der Waals surface area contributed by atoms with Gasteiger partial charge in [-0.05, 0) is 73.2 Å². The Labute approximate surface area is 168 Å².